The number of allylic oxidation sites excluding steroid dienone is 2. The van der Waals surface area contributed by atoms with Crippen molar-refractivity contribution in [2.24, 2.45) is 50.2 Å². The predicted molar refractivity (Wildman–Crippen MR) is 258 cm³/mol. The van der Waals surface area contributed by atoms with Crippen molar-refractivity contribution in [3.05, 3.63) is 11.6 Å². The van der Waals surface area contributed by atoms with Gasteiger partial charge in [-0.3, -0.25) is 4.79 Å². The number of carboxylic acids is 1. The number of hydrogen-bond donors (Lipinski definition) is 13. The second-order valence-corrected chi connectivity index (χ2v) is 25.6. The molecule has 29 atom stereocenters. The zero-order valence-electron chi connectivity index (χ0n) is 44.4. The molecule has 9 rings (SSSR count). The molecular weight excluding hydrogens is 1000 g/mol. The summed E-state index contributed by atoms with van der Waals surface area (Å²) < 4.78 is 47.9. The number of rotatable bonds is 12. The quantitative estimate of drug-likeness (QED) is 0.0769. The molecule has 9 aliphatic rings. The van der Waals surface area contributed by atoms with Crippen LogP contribution in [-0.2, 0) is 47.5 Å². The molecule has 23 heteroatoms. The molecule has 4 aliphatic heterocycles. The average Bonchev–Trinajstić information content (AvgIpc) is 3.51. The molecule has 4 saturated carbocycles. The zero-order chi connectivity index (χ0) is 55.6. The Morgan fingerprint density at radius 1 is 0.684 bits per heavy atom. The normalized spacial score (nSPS) is 55.6. The fourth-order valence-corrected chi connectivity index (χ4v) is 16.1. The van der Waals surface area contributed by atoms with Gasteiger partial charge < -0.3 is 104 Å². The minimum Gasteiger partial charge on any atom is -0.479 e. The summed E-state index contributed by atoms with van der Waals surface area (Å²) in [4.78, 5) is 27.0. The Labute approximate surface area is 442 Å². The Bertz CT molecular complexity index is 2150. The van der Waals surface area contributed by atoms with Gasteiger partial charge in [0.15, 0.2) is 31.3 Å². The summed E-state index contributed by atoms with van der Waals surface area (Å²) in [5.41, 5.74) is -2.08. The summed E-state index contributed by atoms with van der Waals surface area (Å²) in [6.07, 6.45) is -24.4. The Kier molecular flexibility index (Phi) is 16.3. The summed E-state index contributed by atoms with van der Waals surface area (Å²) >= 11 is 0. The number of aliphatic hydroxyl groups is 12. The molecule has 0 amide bonds. The second-order valence-electron chi connectivity index (χ2n) is 25.6. The highest BCUT2D eigenvalue weighted by Crippen LogP contribution is 2.75. The van der Waals surface area contributed by atoms with Crippen LogP contribution < -0.4 is 0 Å². The van der Waals surface area contributed by atoms with E-state index in [4.69, 9.17) is 37.9 Å². The van der Waals surface area contributed by atoms with E-state index in [1.807, 2.05) is 13.8 Å². The first-order valence-corrected chi connectivity index (χ1v) is 27.2. The van der Waals surface area contributed by atoms with Crippen LogP contribution in [0.5, 0.6) is 0 Å². The van der Waals surface area contributed by atoms with Crippen LogP contribution in [-0.4, -0.2) is 227 Å². The van der Waals surface area contributed by atoms with Gasteiger partial charge in [0, 0.05) is 17.3 Å². The van der Waals surface area contributed by atoms with E-state index in [0.717, 1.165) is 12.8 Å². The molecule has 0 bridgehead atoms. The molecule has 5 aliphatic carbocycles. The number of aliphatic hydroxyl groups excluding tert-OH is 12. The Morgan fingerprint density at radius 2 is 1.34 bits per heavy atom. The highest BCUT2D eigenvalue weighted by atomic mass is 16.8. The van der Waals surface area contributed by atoms with Gasteiger partial charge in [0.1, 0.15) is 85.1 Å². The lowest BCUT2D eigenvalue weighted by atomic mass is 9.33. The zero-order valence-corrected chi connectivity index (χ0v) is 44.4. The minimum absolute atomic E-state index is 0.0188. The maximum Gasteiger partial charge on any atom is 0.335 e. The van der Waals surface area contributed by atoms with Crippen molar-refractivity contribution in [3.8, 4) is 0 Å². The minimum atomic E-state index is -2.06. The smallest absolute Gasteiger partial charge is 0.335 e. The van der Waals surface area contributed by atoms with Crippen molar-refractivity contribution in [2.75, 3.05) is 26.4 Å². The van der Waals surface area contributed by atoms with E-state index in [-0.39, 0.29) is 59.4 Å². The van der Waals surface area contributed by atoms with Gasteiger partial charge in [-0.1, -0.05) is 53.2 Å². The number of carbonyl (C=O) groups is 2. The topological polar surface area (TPSA) is 371 Å². The number of fused-ring (bicyclic) bond motifs is 7. The molecule has 0 spiro atoms. The fraction of sp³-hybridized carbons (Fsp3) is 0.925. The van der Waals surface area contributed by atoms with E-state index < -0.39 is 158 Å². The summed E-state index contributed by atoms with van der Waals surface area (Å²) in [6.45, 7) is 12.9. The van der Waals surface area contributed by atoms with Crippen molar-refractivity contribution >= 4 is 11.8 Å². The first-order chi connectivity index (χ1) is 35.5. The Morgan fingerprint density at radius 3 is 2.01 bits per heavy atom. The number of ketones is 1. The first kappa shape index (κ1) is 58.7. The molecule has 0 radical (unpaired) electrons. The van der Waals surface area contributed by atoms with Crippen LogP contribution in [0.2, 0.25) is 0 Å². The fourth-order valence-electron chi connectivity index (χ4n) is 16.1. The van der Waals surface area contributed by atoms with Gasteiger partial charge in [-0.25, -0.2) is 4.79 Å². The molecule has 8 fully saturated rings. The van der Waals surface area contributed by atoms with Crippen molar-refractivity contribution in [1.82, 2.24) is 0 Å². The third kappa shape index (κ3) is 9.38. The lowest BCUT2D eigenvalue weighted by Crippen LogP contribution is -2.68. The second kappa shape index (κ2) is 21.1. The van der Waals surface area contributed by atoms with Crippen molar-refractivity contribution < 1.29 is 114 Å². The van der Waals surface area contributed by atoms with Crippen molar-refractivity contribution in [3.63, 3.8) is 0 Å². The van der Waals surface area contributed by atoms with Crippen LogP contribution in [0.4, 0.5) is 0 Å². The molecule has 0 aromatic carbocycles. The van der Waals surface area contributed by atoms with E-state index in [2.05, 4.69) is 33.8 Å². The molecular formula is C53H84O23. The first-order valence-electron chi connectivity index (χ1n) is 27.2. The maximum atomic E-state index is 14.5. The van der Waals surface area contributed by atoms with Crippen LogP contribution in [0.1, 0.15) is 106 Å². The van der Waals surface area contributed by atoms with Gasteiger partial charge in [-0.15, -0.1) is 0 Å². The Hall–Kier alpha value is -1.92. The summed E-state index contributed by atoms with van der Waals surface area (Å²) in [5.74, 6) is -1.69. The number of Topliss-reactive ketones (excluding diaryl/α,β-unsaturated/α-hetero) is 1. The third-order valence-corrected chi connectivity index (χ3v) is 21.2. The molecule has 0 aromatic heterocycles. The Balaban J connectivity index is 0.953. The van der Waals surface area contributed by atoms with Crippen LogP contribution >= 0.6 is 0 Å². The highest BCUT2D eigenvalue weighted by molar-refractivity contribution is 5.87. The van der Waals surface area contributed by atoms with Crippen molar-refractivity contribution in [2.45, 2.75) is 229 Å². The van der Waals surface area contributed by atoms with Gasteiger partial charge in [0.25, 0.3) is 0 Å². The van der Waals surface area contributed by atoms with Crippen LogP contribution in [0, 0.1) is 50.2 Å². The number of aliphatic carboxylic acids is 1. The highest BCUT2D eigenvalue weighted by Gasteiger charge is 2.70. The molecule has 23 nitrogen and oxygen atoms in total. The van der Waals surface area contributed by atoms with E-state index in [9.17, 15) is 76.0 Å². The van der Waals surface area contributed by atoms with Gasteiger partial charge in [-0.2, -0.15) is 0 Å². The summed E-state index contributed by atoms with van der Waals surface area (Å²) in [7, 11) is 0. The van der Waals surface area contributed by atoms with Gasteiger partial charge >= 0.3 is 5.97 Å². The van der Waals surface area contributed by atoms with Gasteiger partial charge in [0.2, 0.25) is 0 Å². The monoisotopic (exact) mass is 1090 g/mol. The molecule has 434 valence electrons. The predicted octanol–water partition coefficient (Wildman–Crippen LogP) is -1.65. The number of carboxylic acid groups (broad SMARTS) is 1. The number of carbonyl (C=O) groups excluding carboxylic acids is 1. The van der Waals surface area contributed by atoms with E-state index >= 15 is 0 Å². The van der Waals surface area contributed by atoms with Crippen LogP contribution in [0.3, 0.4) is 0 Å². The molecule has 76 heavy (non-hydrogen) atoms. The summed E-state index contributed by atoms with van der Waals surface area (Å²) in [6, 6.07) is 0. The molecule has 1 unspecified atom stereocenters. The van der Waals surface area contributed by atoms with Crippen LogP contribution in [0.15, 0.2) is 11.6 Å². The lowest BCUT2D eigenvalue weighted by molar-refractivity contribution is -0.387. The van der Waals surface area contributed by atoms with Gasteiger partial charge in [0.05, 0.1) is 38.6 Å². The summed E-state index contributed by atoms with van der Waals surface area (Å²) in [5, 5.41) is 139. The SMILES string of the molecule is C[C@@H]1O[C@@H](O[C@H]2[C@H](O[C@H]3[C@H](O[C@H]4CC[C@@]5(C)C(CC[C@]6(C)[C@@H]5CC=C5[C@@H]7C[C@@](C)(CO[C@@H]8O[C@H](CO)[C@@H](O)[C@H](O)[C@H]8O)CC(=O)[C@]7(C)CC[C@]56C)[C@@]4(C)CO)O[C@H](C(=O)O)[C@@H](O)[C@@H]3O)OC[C@@H](O)[C@@H]2O)[C@H](O)[C@H](O)[C@H]1O. The molecule has 4 heterocycles. The van der Waals surface area contributed by atoms with Crippen molar-refractivity contribution in [1.29, 1.82) is 0 Å². The third-order valence-electron chi connectivity index (χ3n) is 21.2. The van der Waals surface area contributed by atoms with Gasteiger partial charge in [-0.05, 0) is 97.7 Å². The molecule has 13 N–H and O–H groups in total. The van der Waals surface area contributed by atoms with E-state index in [0.29, 0.717) is 38.5 Å². The van der Waals surface area contributed by atoms with E-state index in [1.54, 1.807) is 0 Å². The largest absolute Gasteiger partial charge is 0.479 e. The number of hydrogen-bond acceptors (Lipinski definition) is 22. The standard InChI is InChI=1S/C53H84O23/c1-22-31(58)34(61)39(66)45(71-22)75-41-32(59)25(56)19-69-46(41)76-42-37(64)36(63)40(43(67)68)74-47(42)73-30-11-12-50(4)27(51(30,5)20-55)10-13-53(7)28(50)9-8-23-24-16-48(2,17-29(57)49(24,3)14-15-52(23,53)6)21-70-44-38(65)35(62)33(60)26(18-54)72-44/h8,22,24-28,30-42,44-47,54-56,58-66H,9-21H2,1-7H3,(H,67,68)/t22-,24-,25+,26+,27?,28+,30-,31-,32-,33+,34+,35-,36-,37-,38+,39+,40-,41+,42+,44+,45-,46-,47+,48+,49+,50-,51+,52+,53+/m0/s1. The average molecular weight is 1090 g/mol. The maximum absolute atomic E-state index is 14.5. The molecule has 0 aromatic rings. The number of ether oxygens (including phenoxy) is 8. The lowest BCUT2D eigenvalue weighted by Gasteiger charge is -2.71. The van der Waals surface area contributed by atoms with Crippen LogP contribution in [0.25, 0.3) is 0 Å². The van der Waals surface area contributed by atoms with E-state index in [1.165, 1.54) is 12.5 Å². The molecule has 4 saturated heterocycles.